The fourth-order valence-electron chi connectivity index (χ4n) is 1.87. The minimum Gasteiger partial charge on any atom is -0.202 e. The quantitative estimate of drug-likeness (QED) is 0.803. The number of nitriles is 1. The standard InChI is InChI=1S/C15H13ClN2S/c1-10-7-11(2)18-15(13(10)8-17)19-9-12-5-3-4-6-14(12)16/h3-7H,9H2,1-2H3/p+1. The summed E-state index contributed by atoms with van der Waals surface area (Å²) in [5.41, 5.74) is 3.84. The Balaban J connectivity index is 2.25. The second-order valence-corrected chi connectivity index (χ2v) is 5.72. The predicted molar refractivity (Wildman–Crippen MR) is 78.2 cm³/mol. The van der Waals surface area contributed by atoms with Gasteiger partial charge in [0, 0.05) is 23.8 Å². The molecule has 1 aromatic heterocycles. The number of rotatable bonds is 3. The maximum Gasteiger partial charge on any atom is 0.257 e. The third-order valence-corrected chi connectivity index (χ3v) is 4.23. The molecule has 2 rings (SSSR count). The van der Waals surface area contributed by atoms with Crippen LogP contribution in [0.4, 0.5) is 0 Å². The van der Waals surface area contributed by atoms with Gasteiger partial charge in [-0.05, 0) is 24.1 Å². The lowest BCUT2D eigenvalue weighted by molar-refractivity contribution is -0.435. The molecular formula is C15H14ClN2S+. The monoisotopic (exact) mass is 289 g/mol. The highest BCUT2D eigenvalue weighted by Gasteiger charge is 2.15. The van der Waals surface area contributed by atoms with Crippen molar-refractivity contribution in [1.29, 1.82) is 5.26 Å². The molecule has 2 nitrogen and oxygen atoms in total. The molecule has 0 radical (unpaired) electrons. The van der Waals surface area contributed by atoms with E-state index in [0.717, 1.165) is 32.6 Å². The highest BCUT2D eigenvalue weighted by Crippen LogP contribution is 2.27. The fourth-order valence-corrected chi connectivity index (χ4v) is 3.28. The summed E-state index contributed by atoms with van der Waals surface area (Å²) >= 11 is 7.74. The van der Waals surface area contributed by atoms with Gasteiger partial charge in [0.2, 0.25) is 0 Å². The van der Waals surface area contributed by atoms with E-state index in [1.807, 2.05) is 44.2 Å². The van der Waals surface area contributed by atoms with Crippen molar-refractivity contribution in [2.24, 2.45) is 0 Å². The molecule has 0 fully saturated rings. The van der Waals surface area contributed by atoms with E-state index in [0.29, 0.717) is 5.56 Å². The Bertz CT molecular complexity index is 647. The molecule has 0 aliphatic rings. The van der Waals surface area contributed by atoms with E-state index >= 15 is 0 Å². The Hall–Kier alpha value is -1.50. The topological polar surface area (TPSA) is 37.9 Å². The fraction of sp³-hybridized carbons (Fsp3) is 0.200. The molecule has 19 heavy (non-hydrogen) atoms. The predicted octanol–water partition coefficient (Wildman–Crippen LogP) is 3.93. The average Bonchev–Trinajstić information content (AvgIpc) is 2.37. The van der Waals surface area contributed by atoms with Crippen molar-refractivity contribution in [3.8, 4) is 6.07 Å². The number of aromatic amines is 1. The molecule has 0 unspecified atom stereocenters. The van der Waals surface area contributed by atoms with Gasteiger partial charge >= 0.3 is 0 Å². The van der Waals surface area contributed by atoms with Gasteiger partial charge in [0.1, 0.15) is 11.6 Å². The van der Waals surface area contributed by atoms with E-state index in [1.54, 1.807) is 11.8 Å². The molecule has 0 saturated heterocycles. The van der Waals surface area contributed by atoms with Gasteiger partial charge in [-0.2, -0.15) is 5.26 Å². The Labute approximate surface area is 122 Å². The summed E-state index contributed by atoms with van der Waals surface area (Å²) in [6, 6.07) is 12.0. The third-order valence-electron chi connectivity index (χ3n) is 2.81. The van der Waals surface area contributed by atoms with Crippen LogP contribution in [0.2, 0.25) is 5.02 Å². The summed E-state index contributed by atoms with van der Waals surface area (Å²) in [6.07, 6.45) is 0. The first-order valence-electron chi connectivity index (χ1n) is 5.91. The van der Waals surface area contributed by atoms with Crippen LogP contribution in [0.1, 0.15) is 22.4 Å². The first-order chi connectivity index (χ1) is 9.11. The molecule has 1 aromatic carbocycles. The normalized spacial score (nSPS) is 10.2. The van der Waals surface area contributed by atoms with Gasteiger partial charge < -0.3 is 0 Å². The first-order valence-corrected chi connectivity index (χ1v) is 7.28. The van der Waals surface area contributed by atoms with Gasteiger partial charge in [0.05, 0.1) is 0 Å². The molecule has 0 aliphatic heterocycles. The summed E-state index contributed by atoms with van der Waals surface area (Å²) < 4.78 is 0. The minimum absolute atomic E-state index is 0.711. The van der Waals surface area contributed by atoms with E-state index in [9.17, 15) is 5.26 Å². The van der Waals surface area contributed by atoms with Crippen molar-refractivity contribution in [1.82, 2.24) is 0 Å². The molecule has 0 saturated carbocycles. The smallest absolute Gasteiger partial charge is 0.202 e. The van der Waals surface area contributed by atoms with Crippen molar-refractivity contribution < 1.29 is 4.98 Å². The number of aryl methyl sites for hydroxylation is 2. The van der Waals surface area contributed by atoms with E-state index in [-0.39, 0.29) is 0 Å². The highest BCUT2D eigenvalue weighted by atomic mass is 35.5. The number of thioether (sulfide) groups is 1. The third kappa shape index (κ3) is 3.28. The number of nitrogens with one attached hydrogen (secondary N) is 1. The molecule has 96 valence electrons. The summed E-state index contributed by atoms with van der Waals surface area (Å²) in [4.78, 5) is 3.25. The van der Waals surface area contributed by atoms with Gasteiger partial charge in [-0.3, -0.25) is 0 Å². The van der Waals surface area contributed by atoms with Crippen LogP contribution >= 0.6 is 23.4 Å². The molecule has 1 heterocycles. The van der Waals surface area contributed by atoms with Crippen LogP contribution in [-0.2, 0) is 5.75 Å². The van der Waals surface area contributed by atoms with E-state index in [2.05, 4.69) is 11.1 Å². The molecule has 0 aliphatic carbocycles. The van der Waals surface area contributed by atoms with Crippen molar-refractivity contribution in [2.75, 3.05) is 0 Å². The van der Waals surface area contributed by atoms with Crippen LogP contribution in [0.3, 0.4) is 0 Å². The Morgan fingerprint density at radius 2 is 2.05 bits per heavy atom. The number of halogens is 1. The maximum atomic E-state index is 9.23. The largest absolute Gasteiger partial charge is 0.257 e. The molecule has 0 amide bonds. The summed E-state index contributed by atoms with van der Waals surface area (Å²) in [5.74, 6) is 0.744. The van der Waals surface area contributed by atoms with Gasteiger partial charge in [-0.25, -0.2) is 4.98 Å². The lowest BCUT2D eigenvalue weighted by Crippen LogP contribution is -2.14. The second-order valence-electron chi connectivity index (χ2n) is 4.33. The van der Waals surface area contributed by atoms with Crippen LogP contribution in [-0.4, -0.2) is 0 Å². The van der Waals surface area contributed by atoms with Crippen molar-refractivity contribution in [2.45, 2.75) is 24.6 Å². The van der Waals surface area contributed by atoms with Crippen molar-refractivity contribution in [3.05, 3.63) is 57.7 Å². The highest BCUT2D eigenvalue weighted by molar-refractivity contribution is 7.98. The van der Waals surface area contributed by atoms with Crippen molar-refractivity contribution in [3.63, 3.8) is 0 Å². The number of pyridine rings is 1. The minimum atomic E-state index is 0.711. The molecule has 0 bridgehead atoms. The van der Waals surface area contributed by atoms with Gasteiger partial charge in [-0.15, -0.1) is 0 Å². The number of hydrogen-bond acceptors (Lipinski definition) is 2. The molecule has 4 heteroatoms. The number of H-pyrrole nitrogens is 1. The average molecular weight is 290 g/mol. The summed E-state index contributed by atoms with van der Waals surface area (Å²) in [6.45, 7) is 3.95. The lowest BCUT2D eigenvalue weighted by atomic mass is 10.1. The van der Waals surface area contributed by atoms with Gasteiger partial charge in [0.25, 0.3) is 5.03 Å². The zero-order chi connectivity index (χ0) is 13.8. The zero-order valence-electron chi connectivity index (χ0n) is 10.8. The van der Waals surface area contributed by atoms with Crippen LogP contribution in [0.15, 0.2) is 35.4 Å². The van der Waals surface area contributed by atoms with E-state index in [1.165, 1.54) is 0 Å². The SMILES string of the molecule is Cc1cc(C)c(C#N)c(SCc2ccccc2Cl)[nH+]1. The lowest BCUT2D eigenvalue weighted by Gasteiger charge is -2.03. The zero-order valence-corrected chi connectivity index (χ0v) is 12.4. The van der Waals surface area contributed by atoms with Crippen LogP contribution in [0.5, 0.6) is 0 Å². The number of benzene rings is 1. The Kier molecular flexibility index (Phi) is 4.47. The van der Waals surface area contributed by atoms with Gasteiger partial charge in [-0.1, -0.05) is 41.6 Å². The number of hydrogen-bond donors (Lipinski definition) is 0. The van der Waals surface area contributed by atoms with Crippen molar-refractivity contribution >= 4 is 23.4 Å². The first kappa shape index (κ1) is 13.9. The Morgan fingerprint density at radius 3 is 2.74 bits per heavy atom. The second kappa shape index (κ2) is 6.10. The molecular weight excluding hydrogens is 276 g/mol. The molecule has 1 N–H and O–H groups in total. The summed E-state index contributed by atoms with van der Waals surface area (Å²) in [7, 11) is 0. The Morgan fingerprint density at radius 1 is 1.32 bits per heavy atom. The van der Waals surface area contributed by atoms with Crippen LogP contribution < -0.4 is 4.98 Å². The summed E-state index contributed by atoms with van der Waals surface area (Å²) in [5, 5.41) is 10.9. The maximum absolute atomic E-state index is 9.23. The number of aromatic nitrogens is 1. The van der Waals surface area contributed by atoms with Crippen LogP contribution in [0.25, 0.3) is 0 Å². The van der Waals surface area contributed by atoms with E-state index in [4.69, 9.17) is 11.6 Å². The van der Waals surface area contributed by atoms with E-state index < -0.39 is 0 Å². The molecule has 2 aromatic rings. The number of nitrogens with zero attached hydrogens (tertiary/aromatic N) is 1. The molecule has 0 spiro atoms. The van der Waals surface area contributed by atoms with Gasteiger partial charge in [0.15, 0.2) is 5.69 Å². The van der Waals surface area contributed by atoms with Crippen LogP contribution in [0, 0.1) is 25.2 Å². The molecule has 0 atom stereocenters.